The Morgan fingerprint density at radius 1 is 1.24 bits per heavy atom. The third kappa shape index (κ3) is 2.79. The topological polar surface area (TPSA) is 48.4 Å². The van der Waals surface area contributed by atoms with Crippen LogP contribution in [0.5, 0.6) is 5.88 Å². The van der Waals surface area contributed by atoms with Gasteiger partial charge in [0.05, 0.1) is 29.9 Å². The molecule has 0 aliphatic heterocycles. The Labute approximate surface area is 120 Å². The molecule has 1 aromatic heterocycles. The predicted molar refractivity (Wildman–Crippen MR) is 73.5 cm³/mol. The monoisotopic (exact) mass is 295 g/mol. The van der Waals surface area contributed by atoms with Gasteiger partial charge in [0.25, 0.3) is 0 Å². The second-order valence-corrected chi connectivity index (χ2v) is 4.34. The first kappa shape index (κ1) is 15.2. The minimum atomic E-state index is -0.848. The highest BCUT2D eigenvalue weighted by molar-refractivity contribution is 6.07. The Kier molecular flexibility index (Phi) is 4.35. The van der Waals surface area contributed by atoms with E-state index < -0.39 is 17.6 Å². The number of esters is 1. The van der Waals surface area contributed by atoms with E-state index in [0.29, 0.717) is 6.61 Å². The Bertz CT molecular complexity index is 701. The number of fused-ring (bicyclic) bond motifs is 1. The molecular weight excluding hydrogens is 280 g/mol. The van der Waals surface area contributed by atoms with Crippen molar-refractivity contribution in [3.05, 3.63) is 35.0 Å². The van der Waals surface area contributed by atoms with Crippen LogP contribution in [0.15, 0.2) is 12.1 Å². The van der Waals surface area contributed by atoms with E-state index in [1.807, 2.05) is 0 Å². The van der Waals surface area contributed by atoms with Crippen molar-refractivity contribution in [3.8, 4) is 5.88 Å². The quantitative estimate of drug-likeness (QED) is 0.811. The van der Waals surface area contributed by atoms with E-state index in [2.05, 4.69) is 4.98 Å². The maximum atomic E-state index is 14.2. The van der Waals surface area contributed by atoms with E-state index in [1.165, 1.54) is 0 Å². The highest BCUT2D eigenvalue weighted by Gasteiger charge is 2.22. The molecule has 0 N–H and O–H groups in total. The molecule has 1 heterocycles. The van der Waals surface area contributed by atoms with Gasteiger partial charge in [-0.05, 0) is 26.8 Å². The van der Waals surface area contributed by atoms with Crippen molar-refractivity contribution >= 4 is 16.7 Å². The van der Waals surface area contributed by atoms with Crippen molar-refractivity contribution in [2.75, 3.05) is 13.2 Å². The van der Waals surface area contributed by atoms with E-state index in [0.717, 1.165) is 12.1 Å². The number of aryl methyl sites for hydroxylation is 1. The summed E-state index contributed by atoms with van der Waals surface area (Å²) in [6, 6.07) is 1.82. The zero-order valence-electron chi connectivity index (χ0n) is 12.0. The lowest BCUT2D eigenvalue weighted by molar-refractivity contribution is 0.0527. The van der Waals surface area contributed by atoms with Crippen LogP contribution in [0.3, 0.4) is 0 Å². The summed E-state index contributed by atoms with van der Waals surface area (Å²) < 4.78 is 37.9. The highest BCUT2D eigenvalue weighted by atomic mass is 19.1. The van der Waals surface area contributed by atoms with Gasteiger partial charge in [-0.25, -0.2) is 18.6 Å². The number of halogens is 2. The van der Waals surface area contributed by atoms with Crippen LogP contribution < -0.4 is 4.74 Å². The van der Waals surface area contributed by atoms with E-state index in [9.17, 15) is 13.6 Å². The number of carbonyl (C=O) groups is 1. The van der Waals surface area contributed by atoms with Crippen LogP contribution in [-0.2, 0) is 4.74 Å². The molecule has 2 aromatic rings. The maximum Gasteiger partial charge on any atom is 0.340 e. The van der Waals surface area contributed by atoms with Crippen LogP contribution in [0, 0.1) is 18.6 Å². The van der Waals surface area contributed by atoms with E-state index in [-0.39, 0.29) is 34.5 Å². The number of hydrogen-bond acceptors (Lipinski definition) is 4. The molecule has 1 aromatic carbocycles. The van der Waals surface area contributed by atoms with Gasteiger partial charge in [0.2, 0.25) is 5.88 Å². The van der Waals surface area contributed by atoms with Gasteiger partial charge >= 0.3 is 5.97 Å². The van der Waals surface area contributed by atoms with Gasteiger partial charge in [-0.1, -0.05) is 0 Å². The zero-order valence-corrected chi connectivity index (χ0v) is 12.0. The second-order valence-electron chi connectivity index (χ2n) is 4.34. The number of hydrogen-bond donors (Lipinski definition) is 0. The normalized spacial score (nSPS) is 10.7. The first-order valence-electron chi connectivity index (χ1n) is 6.58. The van der Waals surface area contributed by atoms with E-state index in [1.54, 1.807) is 20.8 Å². The van der Waals surface area contributed by atoms with Crippen LogP contribution in [0.2, 0.25) is 0 Å². The van der Waals surface area contributed by atoms with E-state index in [4.69, 9.17) is 9.47 Å². The summed E-state index contributed by atoms with van der Waals surface area (Å²) in [6.45, 7) is 5.37. The average Bonchev–Trinajstić information content (AvgIpc) is 2.40. The minimum absolute atomic E-state index is 0.00666. The van der Waals surface area contributed by atoms with Gasteiger partial charge in [0, 0.05) is 11.5 Å². The predicted octanol–water partition coefficient (Wildman–Crippen LogP) is 3.40. The van der Waals surface area contributed by atoms with Gasteiger partial charge in [0.15, 0.2) is 0 Å². The standard InChI is InChI=1S/C15H15F2NO3/c1-4-20-14-10-6-9(16)7-11(17)13(10)12(8(3)18-14)15(19)21-5-2/h6-7H,4-5H2,1-3H3. The molecule has 0 radical (unpaired) electrons. The third-order valence-corrected chi connectivity index (χ3v) is 2.93. The molecule has 2 rings (SSSR count). The third-order valence-electron chi connectivity index (χ3n) is 2.93. The summed E-state index contributed by atoms with van der Waals surface area (Å²) in [7, 11) is 0. The number of carbonyl (C=O) groups excluding carboxylic acids is 1. The molecule has 4 nitrogen and oxygen atoms in total. The molecule has 0 atom stereocenters. The molecular formula is C15H15F2NO3. The van der Waals surface area contributed by atoms with Crippen LogP contribution >= 0.6 is 0 Å². The molecule has 0 spiro atoms. The smallest absolute Gasteiger partial charge is 0.340 e. The summed E-state index contributed by atoms with van der Waals surface area (Å²) in [4.78, 5) is 16.1. The Morgan fingerprint density at radius 2 is 1.95 bits per heavy atom. The molecule has 0 bridgehead atoms. The van der Waals surface area contributed by atoms with Gasteiger partial charge < -0.3 is 9.47 Å². The number of nitrogens with zero attached hydrogens (tertiary/aromatic N) is 1. The van der Waals surface area contributed by atoms with Gasteiger partial charge in [-0.15, -0.1) is 0 Å². The van der Waals surface area contributed by atoms with Gasteiger partial charge in [-0.2, -0.15) is 0 Å². The van der Waals surface area contributed by atoms with Crippen molar-refractivity contribution in [3.63, 3.8) is 0 Å². The lowest BCUT2D eigenvalue weighted by Gasteiger charge is -2.13. The highest BCUT2D eigenvalue weighted by Crippen LogP contribution is 2.32. The van der Waals surface area contributed by atoms with Crippen molar-refractivity contribution in [2.45, 2.75) is 20.8 Å². The Balaban J connectivity index is 2.83. The number of rotatable bonds is 4. The first-order chi connectivity index (χ1) is 9.99. The summed E-state index contributed by atoms with van der Waals surface area (Å²) in [5, 5.41) is 0.0776. The van der Waals surface area contributed by atoms with Crippen molar-refractivity contribution < 1.29 is 23.0 Å². The molecule has 112 valence electrons. The zero-order chi connectivity index (χ0) is 15.6. The fourth-order valence-electron chi connectivity index (χ4n) is 2.15. The summed E-state index contributed by atoms with van der Waals surface area (Å²) in [5.74, 6) is -2.21. The number of aromatic nitrogens is 1. The number of pyridine rings is 1. The SMILES string of the molecule is CCOC(=O)c1c(C)nc(OCC)c2cc(F)cc(F)c12. The largest absolute Gasteiger partial charge is 0.478 e. The lowest BCUT2D eigenvalue weighted by atomic mass is 10.0. The lowest BCUT2D eigenvalue weighted by Crippen LogP contribution is -2.11. The maximum absolute atomic E-state index is 14.2. The minimum Gasteiger partial charge on any atom is -0.478 e. The molecule has 6 heteroatoms. The van der Waals surface area contributed by atoms with E-state index >= 15 is 0 Å². The molecule has 21 heavy (non-hydrogen) atoms. The summed E-state index contributed by atoms with van der Waals surface area (Å²) in [6.07, 6.45) is 0. The summed E-state index contributed by atoms with van der Waals surface area (Å²) >= 11 is 0. The Hall–Kier alpha value is -2.24. The van der Waals surface area contributed by atoms with Gasteiger partial charge in [0.1, 0.15) is 11.6 Å². The van der Waals surface area contributed by atoms with Crippen molar-refractivity contribution in [1.82, 2.24) is 4.98 Å². The molecule has 0 fully saturated rings. The second kappa shape index (κ2) is 6.03. The summed E-state index contributed by atoms with van der Waals surface area (Å²) in [5.41, 5.74) is 0.266. The number of ether oxygens (including phenoxy) is 2. The van der Waals surface area contributed by atoms with Crippen LogP contribution in [-0.4, -0.2) is 24.2 Å². The van der Waals surface area contributed by atoms with Crippen LogP contribution in [0.4, 0.5) is 8.78 Å². The fraction of sp³-hybridized carbons (Fsp3) is 0.333. The van der Waals surface area contributed by atoms with Crippen LogP contribution in [0.1, 0.15) is 29.9 Å². The van der Waals surface area contributed by atoms with Crippen LogP contribution in [0.25, 0.3) is 10.8 Å². The molecule has 0 amide bonds. The van der Waals surface area contributed by atoms with Crippen molar-refractivity contribution in [1.29, 1.82) is 0 Å². The molecule has 0 unspecified atom stereocenters. The number of benzene rings is 1. The molecule has 0 saturated heterocycles. The molecule has 0 saturated carbocycles. The average molecular weight is 295 g/mol. The molecule has 0 aliphatic carbocycles. The van der Waals surface area contributed by atoms with Gasteiger partial charge in [-0.3, -0.25) is 0 Å². The fourth-order valence-corrected chi connectivity index (χ4v) is 2.15. The molecule has 0 aliphatic rings. The Morgan fingerprint density at radius 3 is 2.57 bits per heavy atom. The van der Waals surface area contributed by atoms with Crippen molar-refractivity contribution in [2.24, 2.45) is 0 Å². The first-order valence-corrected chi connectivity index (χ1v) is 6.58.